The molecule has 2 aromatic carbocycles. The van der Waals surface area contributed by atoms with Crippen LogP contribution in [0.3, 0.4) is 0 Å². The fraction of sp³-hybridized carbons (Fsp3) is 0.375. The number of piperidine rings is 1. The molecule has 5 nitrogen and oxygen atoms in total. The molecule has 0 spiro atoms. The quantitative estimate of drug-likeness (QED) is 0.334. The van der Waals surface area contributed by atoms with Gasteiger partial charge in [0.05, 0.1) is 21.8 Å². The Morgan fingerprint density at radius 1 is 1.00 bits per heavy atom. The molecule has 0 N–H and O–H groups in total. The number of amides is 1. The lowest BCUT2D eigenvalue weighted by molar-refractivity contribution is -0.136. The van der Waals surface area contributed by atoms with Crippen LogP contribution in [0.25, 0.3) is 27.6 Å². The Bertz CT molecular complexity index is 1240. The van der Waals surface area contributed by atoms with Gasteiger partial charge in [0.1, 0.15) is 5.65 Å². The monoisotopic (exact) mass is 418 g/mol. The van der Waals surface area contributed by atoms with Crippen LogP contribution in [-0.2, 0) is 4.79 Å². The first-order chi connectivity index (χ1) is 14.5. The van der Waals surface area contributed by atoms with E-state index in [2.05, 4.69) is 35.3 Å². The standard InChI is InChI=1S/C24H26N4OS/c1-15-9-8-10-16(2)27(15)23(29)17(3)30-24-26-19-12-5-4-11-18(19)22-25-20-13-6-7-14-21(20)28(22)24/h4-7,11-17H,8-10H2,1-3H3/t15-,16+,17-/m1/s1. The van der Waals surface area contributed by atoms with Crippen molar-refractivity contribution >= 4 is 45.3 Å². The summed E-state index contributed by atoms with van der Waals surface area (Å²) in [6.07, 6.45) is 3.36. The zero-order chi connectivity index (χ0) is 20.8. The van der Waals surface area contributed by atoms with E-state index in [0.29, 0.717) is 12.1 Å². The minimum atomic E-state index is -0.217. The lowest BCUT2D eigenvalue weighted by Crippen LogP contribution is -2.50. The minimum Gasteiger partial charge on any atom is -0.336 e. The molecule has 1 aliphatic heterocycles. The number of rotatable bonds is 3. The number of nitrogens with zero attached hydrogens (tertiary/aromatic N) is 4. The summed E-state index contributed by atoms with van der Waals surface area (Å²) in [5.41, 5.74) is 3.76. The van der Waals surface area contributed by atoms with Gasteiger partial charge < -0.3 is 4.90 Å². The number of carbonyl (C=O) groups excluding carboxylic acids is 1. The average molecular weight is 419 g/mol. The highest BCUT2D eigenvalue weighted by atomic mass is 32.2. The van der Waals surface area contributed by atoms with Gasteiger partial charge in [0.2, 0.25) is 5.91 Å². The maximum Gasteiger partial charge on any atom is 0.236 e. The van der Waals surface area contributed by atoms with Gasteiger partial charge in [-0.1, -0.05) is 36.0 Å². The fourth-order valence-corrected chi connectivity index (χ4v) is 5.65. The second-order valence-corrected chi connectivity index (χ2v) is 9.61. The molecule has 3 atom stereocenters. The summed E-state index contributed by atoms with van der Waals surface area (Å²) in [7, 11) is 0. The van der Waals surface area contributed by atoms with Gasteiger partial charge >= 0.3 is 0 Å². The first kappa shape index (κ1) is 19.4. The third-order valence-electron chi connectivity index (χ3n) is 6.19. The number of likely N-dealkylation sites (tertiary alicyclic amines) is 1. The fourth-order valence-electron chi connectivity index (χ4n) is 4.67. The van der Waals surface area contributed by atoms with Crippen molar-refractivity contribution in [2.45, 2.75) is 62.5 Å². The normalized spacial score (nSPS) is 20.8. The van der Waals surface area contributed by atoms with Gasteiger partial charge in [-0.15, -0.1) is 0 Å². The Balaban J connectivity index is 1.60. The van der Waals surface area contributed by atoms with Crippen molar-refractivity contribution in [1.82, 2.24) is 19.3 Å². The van der Waals surface area contributed by atoms with Gasteiger partial charge in [-0.3, -0.25) is 9.20 Å². The highest BCUT2D eigenvalue weighted by Crippen LogP contribution is 2.33. The van der Waals surface area contributed by atoms with E-state index in [0.717, 1.165) is 45.6 Å². The van der Waals surface area contributed by atoms with Gasteiger partial charge in [-0.05, 0) is 64.3 Å². The Hall–Kier alpha value is -2.60. The Labute approximate surface area is 180 Å². The predicted octanol–water partition coefficient (Wildman–Crippen LogP) is 5.31. The van der Waals surface area contributed by atoms with E-state index in [4.69, 9.17) is 9.97 Å². The van der Waals surface area contributed by atoms with E-state index in [9.17, 15) is 4.79 Å². The second-order valence-electron chi connectivity index (χ2n) is 8.31. The highest BCUT2D eigenvalue weighted by Gasteiger charge is 2.32. The van der Waals surface area contributed by atoms with Crippen molar-refractivity contribution in [3.63, 3.8) is 0 Å². The molecule has 0 aliphatic carbocycles. The minimum absolute atomic E-state index is 0.201. The average Bonchev–Trinajstić information content (AvgIpc) is 3.14. The van der Waals surface area contributed by atoms with E-state index in [1.807, 2.05) is 43.3 Å². The molecule has 30 heavy (non-hydrogen) atoms. The number of imidazole rings is 1. The van der Waals surface area contributed by atoms with Crippen molar-refractivity contribution in [2.24, 2.45) is 0 Å². The molecule has 1 saturated heterocycles. The molecule has 0 bridgehead atoms. The van der Waals surface area contributed by atoms with Crippen molar-refractivity contribution < 1.29 is 4.79 Å². The van der Waals surface area contributed by atoms with Crippen molar-refractivity contribution in [3.8, 4) is 0 Å². The molecular formula is C24H26N4OS. The lowest BCUT2D eigenvalue weighted by atomic mass is 9.97. The maximum atomic E-state index is 13.4. The topological polar surface area (TPSA) is 50.5 Å². The molecular weight excluding hydrogens is 392 g/mol. The molecule has 154 valence electrons. The Morgan fingerprint density at radius 2 is 1.67 bits per heavy atom. The van der Waals surface area contributed by atoms with E-state index in [1.54, 1.807) is 0 Å². The summed E-state index contributed by atoms with van der Waals surface area (Å²) in [4.78, 5) is 25.3. The van der Waals surface area contributed by atoms with Crippen LogP contribution in [-0.4, -0.2) is 42.5 Å². The molecule has 0 unspecified atom stereocenters. The molecule has 1 aliphatic rings. The number of benzene rings is 2. The number of aromatic nitrogens is 3. The zero-order valence-corrected chi connectivity index (χ0v) is 18.4. The number of para-hydroxylation sites is 3. The molecule has 4 aromatic rings. The van der Waals surface area contributed by atoms with Crippen molar-refractivity contribution in [3.05, 3.63) is 48.5 Å². The summed E-state index contributed by atoms with van der Waals surface area (Å²) in [5.74, 6) is 0.201. The van der Waals surface area contributed by atoms with E-state index in [-0.39, 0.29) is 11.2 Å². The third-order valence-corrected chi connectivity index (χ3v) is 7.23. The molecule has 3 heterocycles. The first-order valence-corrected chi connectivity index (χ1v) is 11.6. The predicted molar refractivity (Wildman–Crippen MR) is 123 cm³/mol. The number of hydrogen-bond donors (Lipinski definition) is 0. The van der Waals surface area contributed by atoms with Crippen LogP contribution < -0.4 is 0 Å². The van der Waals surface area contributed by atoms with Crippen LogP contribution in [0.4, 0.5) is 0 Å². The van der Waals surface area contributed by atoms with E-state index < -0.39 is 0 Å². The number of carbonyl (C=O) groups is 1. The van der Waals surface area contributed by atoms with E-state index >= 15 is 0 Å². The van der Waals surface area contributed by atoms with Gasteiger partial charge in [0.25, 0.3) is 0 Å². The van der Waals surface area contributed by atoms with Crippen molar-refractivity contribution in [1.29, 1.82) is 0 Å². The first-order valence-electron chi connectivity index (χ1n) is 10.7. The molecule has 0 saturated carbocycles. The van der Waals surface area contributed by atoms with E-state index in [1.165, 1.54) is 18.2 Å². The third kappa shape index (κ3) is 3.14. The molecule has 1 amide bonds. The molecule has 6 heteroatoms. The van der Waals surface area contributed by atoms with Gasteiger partial charge in [-0.2, -0.15) is 0 Å². The highest BCUT2D eigenvalue weighted by molar-refractivity contribution is 8.00. The Morgan fingerprint density at radius 3 is 2.43 bits per heavy atom. The summed E-state index contributed by atoms with van der Waals surface area (Å²) in [6, 6.07) is 16.8. The summed E-state index contributed by atoms with van der Waals surface area (Å²) < 4.78 is 2.11. The van der Waals surface area contributed by atoms with Crippen LogP contribution in [0.1, 0.15) is 40.0 Å². The molecule has 5 rings (SSSR count). The van der Waals surface area contributed by atoms with Crippen LogP contribution in [0.5, 0.6) is 0 Å². The second kappa shape index (κ2) is 7.58. The number of hydrogen-bond acceptors (Lipinski definition) is 4. The SMILES string of the molecule is C[C@@H]1CCC[C@H](C)N1C(=O)[C@@H](C)Sc1nc2ccccc2c2nc3ccccc3n12. The smallest absolute Gasteiger partial charge is 0.236 e. The largest absolute Gasteiger partial charge is 0.336 e. The lowest BCUT2D eigenvalue weighted by Gasteiger charge is -2.40. The van der Waals surface area contributed by atoms with Crippen LogP contribution in [0.15, 0.2) is 53.7 Å². The summed E-state index contributed by atoms with van der Waals surface area (Å²) >= 11 is 1.53. The number of thioether (sulfide) groups is 1. The Kier molecular flexibility index (Phi) is 4.89. The zero-order valence-electron chi connectivity index (χ0n) is 17.6. The molecule has 1 fully saturated rings. The number of fused-ring (bicyclic) bond motifs is 5. The van der Waals surface area contributed by atoms with Crippen LogP contribution >= 0.6 is 11.8 Å². The van der Waals surface area contributed by atoms with Gasteiger partial charge in [0.15, 0.2) is 5.16 Å². The summed E-state index contributed by atoms with van der Waals surface area (Å²) in [6.45, 7) is 6.34. The molecule has 0 radical (unpaired) electrons. The summed E-state index contributed by atoms with van der Waals surface area (Å²) in [5, 5.41) is 1.62. The van der Waals surface area contributed by atoms with Gasteiger partial charge in [-0.25, -0.2) is 9.97 Å². The van der Waals surface area contributed by atoms with Crippen molar-refractivity contribution in [2.75, 3.05) is 0 Å². The van der Waals surface area contributed by atoms with Crippen LogP contribution in [0, 0.1) is 0 Å². The van der Waals surface area contributed by atoms with Crippen LogP contribution in [0.2, 0.25) is 0 Å². The van der Waals surface area contributed by atoms with Gasteiger partial charge in [0, 0.05) is 17.5 Å². The maximum absolute atomic E-state index is 13.4. The molecule has 2 aromatic heterocycles.